The Balaban J connectivity index is 1.46. The minimum Gasteiger partial charge on any atom is -0.309 e. The lowest BCUT2D eigenvalue weighted by atomic mass is 10.00. The Hall–Kier alpha value is -5.59. The first-order valence-corrected chi connectivity index (χ1v) is 13.4. The van der Waals surface area contributed by atoms with Crippen LogP contribution < -0.4 is 0 Å². The van der Waals surface area contributed by atoms with Gasteiger partial charge in [0.05, 0.1) is 33.3 Å². The number of fused-ring (bicyclic) bond motifs is 6. The van der Waals surface area contributed by atoms with Crippen LogP contribution in [0.2, 0.25) is 0 Å². The van der Waals surface area contributed by atoms with E-state index in [2.05, 4.69) is 130 Å². The number of aromatic nitrogens is 2. The summed E-state index contributed by atoms with van der Waals surface area (Å²) in [6.45, 7) is 0. The highest BCUT2D eigenvalue weighted by Gasteiger charge is 2.18. The number of hydrogen-bond acceptors (Lipinski definition) is 1. The van der Waals surface area contributed by atoms with E-state index in [0.29, 0.717) is 5.56 Å². The van der Waals surface area contributed by atoms with Crippen LogP contribution >= 0.6 is 0 Å². The Kier molecular flexibility index (Phi) is 4.89. The van der Waals surface area contributed by atoms with Gasteiger partial charge in [-0.3, -0.25) is 0 Å². The van der Waals surface area contributed by atoms with Crippen LogP contribution in [0, 0.1) is 11.3 Å². The first kappa shape index (κ1) is 22.4. The molecule has 3 nitrogen and oxygen atoms in total. The van der Waals surface area contributed by atoms with E-state index in [0.717, 1.165) is 28.0 Å². The molecule has 0 amide bonds. The van der Waals surface area contributed by atoms with E-state index in [-0.39, 0.29) is 0 Å². The molecule has 40 heavy (non-hydrogen) atoms. The van der Waals surface area contributed by atoms with E-state index >= 15 is 0 Å². The molecule has 0 fully saturated rings. The summed E-state index contributed by atoms with van der Waals surface area (Å²) in [5, 5.41) is 14.7. The fourth-order valence-corrected chi connectivity index (χ4v) is 6.26. The van der Waals surface area contributed by atoms with Crippen LogP contribution in [0.1, 0.15) is 5.56 Å². The maximum atomic E-state index is 9.87. The van der Waals surface area contributed by atoms with Crippen LogP contribution in [0.25, 0.3) is 66.1 Å². The van der Waals surface area contributed by atoms with Crippen molar-refractivity contribution in [2.24, 2.45) is 0 Å². The van der Waals surface area contributed by atoms with Crippen molar-refractivity contribution in [1.82, 2.24) is 9.13 Å². The molecule has 6 aromatic carbocycles. The van der Waals surface area contributed by atoms with E-state index < -0.39 is 0 Å². The number of hydrogen-bond donors (Lipinski definition) is 0. The van der Waals surface area contributed by atoms with Gasteiger partial charge < -0.3 is 9.13 Å². The predicted molar refractivity (Wildman–Crippen MR) is 165 cm³/mol. The zero-order valence-corrected chi connectivity index (χ0v) is 21.6. The summed E-state index contributed by atoms with van der Waals surface area (Å²) < 4.78 is 4.60. The quantitative estimate of drug-likeness (QED) is 0.233. The van der Waals surface area contributed by atoms with Gasteiger partial charge >= 0.3 is 0 Å². The van der Waals surface area contributed by atoms with Gasteiger partial charge in [0.15, 0.2) is 0 Å². The largest absolute Gasteiger partial charge is 0.309 e. The van der Waals surface area contributed by atoms with Crippen molar-refractivity contribution in [1.29, 1.82) is 5.26 Å². The summed E-state index contributed by atoms with van der Waals surface area (Å²) in [7, 11) is 0. The third-order valence-corrected chi connectivity index (χ3v) is 7.96. The van der Waals surface area contributed by atoms with Crippen molar-refractivity contribution in [3.8, 4) is 28.6 Å². The number of nitrogens with zero attached hydrogens (tertiary/aromatic N) is 3. The van der Waals surface area contributed by atoms with Gasteiger partial charge in [0.1, 0.15) is 6.07 Å². The number of para-hydroxylation sites is 5. The number of rotatable bonds is 3. The first-order chi connectivity index (χ1) is 19.8. The van der Waals surface area contributed by atoms with Crippen molar-refractivity contribution in [3.63, 3.8) is 0 Å². The SMILES string of the molecule is N#Cc1ccccc1-n1c2ccccc2c2cc(-c3cccc4c5ccccc5n(-c5ccccc5)c34)ccc21. The van der Waals surface area contributed by atoms with Crippen LogP contribution in [0.15, 0.2) is 140 Å². The van der Waals surface area contributed by atoms with Gasteiger partial charge in [-0.1, -0.05) is 91.0 Å². The highest BCUT2D eigenvalue weighted by molar-refractivity contribution is 6.15. The molecule has 0 N–H and O–H groups in total. The maximum Gasteiger partial charge on any atom is 0.101 e. The van der Waals surface area contributed by atoms with Crippen LogP contribution in [0.3, 0.4) is 0 Å². The van der Waals surface area contributed by atoms with Crippen molar-refractivity contribution < 1.29 is 0 Å². The zero-order valence-electron chi connectivity index (χ0n) is 21.6. The van der Waals surface area contributed by atoms with Gasteiger partial charge in [0.2, 0.25) is 0 Å². The lowest BCUT2D eigenvalue weighted by Gasteiger charge is -2.12. The van der Waals surface area contributed by atoms with E-state index in [4.69, 9.17) is 0 Å². The van der Waals surface area contributed by atoms with Gasteiger partial charge in [-0.05, 0) is 54.1 Å². The van der Waals surface area contributed by atoms with Crippen molar-refractivity contribution >= 4 is 43.6 Å². The third kappa shape index (κ3) is 3.17. The number of nitriles is 1. The van der Waals surface area contributed by atoms with Crippen LogP contribution in [-0.4, -0.2) is 9.13 Å². The van der Waals surface area contributed by atoms with Crippen LogP contribution in [0.4, 0.5) is 0 Å². The highest BCUT2D eigenvalue weighted by Crippen LogP contribution is 2.40. The van der Waals surface area contributed by atoms with Gasteiger partial charge in [0, 0.05) is 32.8 Å². The van der Waals surface area contributed by atoms with E-state index in [1.165, 1.54) is 38.1 Å². The Morgan fingerprint density at radius 1 is 0.475 bits per heavy atom. The molecule has 8 rings (SSSR count). The summed E-state index contributed by atoms with van der Waals surface area (Å²) in [5.41, 5.74) is 9.63. The molecule has 3 heteroatoms. The van der Waals surface area contributed by atoms with E-state index in [1.807, 2.05) is 24.3 Å². The first-order valence-electron chi connectivity index (χ1n) is 13.4. The molecule has 0 unspecified atom stereocenters. The van der Waals surface area contributed by atoms with Gasteiger partial charge in [0.25, 0.3) is 0 Å². The second-order valence-electron chi connectivity index (χ2n) is 10.1. The van der Waals surface area contributed by atoms with Crippen molar-refractivity contribution in [2.75, 3.05) is 0 Å². The molecule has 0 aliphatic rings. The maximum absolute atomic E-state index is 9.87. The smallest absolute Gasteiger partial charge is 0.101 e. The molecule has 0 aliphatic heterocycles. The zero-order chi connectivity index (χ0) is 26.6. The Bertz CT molecular complexity index is 2280. The predicted octanol–water partition coefficient (Wildman–Crippen LogP) is 9.42. The minimum absolute atomic E-state index is 0.659. The fourth-order valence-electron chi connectivity index (χ4n) is 6.26. The molecule has 2 heterocycles. The van der Waals surface area contributed by atoms with E-state index in [9.17, 15) is 5.26 Å². The molecule has 0 saturated carbocycles. The average Bonchev–Trinajstić information content (AvgIpc) is 3.54. The van der Waals surface area contributed by atoms with Gasteiger partial charge in [-0.2, -0.15) is 5.26 Å². The fraction of sp³-hybridized carbons (Fsp3) is 0. The molecule has 0 aliphatic carbocycles. The second kappa shape index (κ2) is 8.73. The molecule has 0 saturated heterocycles. The second-order valence-corrected chi connectivity index (χ2v) is 10.1. The summed E-state index contributed by atoms with van der Waals surface area (Å²) in [5.74, 6) is 0. The molecule has 0 bridgehead atoms. The monoisotopic (exact) mass is 509 g/mol. The molecular formula is C37H23N3. The normalized spacial score (nSPS) is 11.5. The highest BCUT2D eigenvalue weighted by atomic mass is 15.0. The summed E-state index contributed by atoms with van der Waals surface area (Å²) in [4.78, 5) is 0. The standard InChI is InChI=1S/C37H23N3/c38-24-26-11-4-7-18-33(26)40-35-20-9-6-15-30(35)32-23-25(21-22-36(32)40)28-16-10-17-31-29-14-5-8-19-34(29)39(37(28)31)27-12-2-1-3-13-27/h1-23H. The minimum atomic E-state index is 0.659. The van der Waals surface area contributed by atoms with E-state index in [1.54, 1.807) is 0 Å². The van der Waals surface area contributed by atoms with Gasteiger partial charge in [-0.25, -0.2) is 0 Å². The summed E-state index contributed by atoms with van der Waals surface area (Å²) in [6.07, 6.45) is 0. The van der Waals surface area contributed by atoms with Crippen LogP contribution in [-0.2, 0) is 0 Å². The van der Waals surface area contributed by atoms with Crippen molar-refractivity contribution in [2.45, 2.75) is 0 Å². The van der Waals surface area contributed by atoms with Crippen LogP contribution in [0.5, 0.6) is 0 Å². The topological polar surface area (TPSA) is 33.6 Å². The average molecular weight is 510 g/mol. The Morgan fingerprint density at radius 3 is 1.90 bits per heavy atom. The molecule has 8 aromatic rings. The summed E-state index contributed by atoms with van der Waals surface area (Å²) >= 11 is 0. The molecular weight excluding hydrogens is 486 g/mol. The molecule has 186 valence electrons. The lowest BCUT2D eigenvalue weighted by Crippen LogP contribution is -1.97. The van der Waals surface area contributed by atoms with Gasteiger partial charge in [-0.15, -0.1) is 0 Å². The molecule has 0 atom stereocenters. The lowest BCUT2D eigenvalue weighted by molar-refractivity contribution is 1.17. The Morgan fingerprint density at radius 2 is 1.10 bits per heavy atom. The molecule has 2 aromatic heterocycles. The Labute approximate surface area is 231 Å². The van der Waals surface area contributed by atoms with Crippen molar-refractivity contribution in [3.05, 3.63) is 145 Å². The molecule has 0 spiro atoms. The molecule has 0 radical (unpaired) electrons. The summed E-state index contributed by atoms with van der Waals surface area (Å²) in [6, 6.07) is 51.2. The third-order valence-electron chi connectivity index (χ3n) is 7.96. The number of benzene rings is 6.